The van der Waals surface area contributed by atoms with E-state index >= 15 is 0 Å². The Kier molecular flexibility index (Phi) is 4.20. The van der Waals surface area contributed by atoms with E-state index in [9.17, 15) is 0 Å². The number of hydrogen-bond donors (Lipinski definition) is 0. The molecule has 0 aliphatic carbocycles. The minimum Gasteiger partial charge on any atom is -0.356 e. The van der Waals surface area contributed by atoms with Crippen LogP contribution in [0, 0.1) is 12.8 Å². The van der Waals surface area contributed by atoms with E-state index < -0.39 is 0 Å². The molecule has 3 heterocycles. The molecule has 2 aliphatic heterocycles. The van der Waals surface area contributed by atoms with Gasteiger partial charge in [-0.1, -0.05) is 6.92 Å². The van der Waals surface area contributed by atoms with Crippen molar-refractivity contribution < 1.29 is 0 Å². The fourth-order valence-electron chi connectivity index (χ4n) is 3.48. The maximum absolute atomic E-state index is 4.63. The van der Waals surface area contributed by atoms with Gasteiger partial charge in [-0.2, -0.15) is 0 Å². The lowest BCUT2D eigenvalue weighted by Crippen LogP contribution is -2.29. The average molecular weight is 274 g/mol. The zero-order valence-electron chi connectivity index (χ0n) is 12.8. The molecule has 1 aromatic heterocycles. The van der Waals surface area contributed by atoms with Crippen molar-refractivity contribution in [2.45, 2.75) is 39.5 Å². The van der Waals surface area contributed by atoms with Crippen LogP contribution in [0.25, 0.3) is 0 Å². The Bertz CT molecular complexity index is 454. The fraction of sp³-hybridized carbons (Fsp3) is 0.750. The first-order valence-corrected chi connectivity index (χ1v) is 8.06. The molecule has 0 saturated carbocycles. The molecule has 110 valence electrons. The molecule has 20 heavy (non-hydrogen) atoms. The second kappa shape index (κ2) is 6.08. The zero-order chi connectivity index (χ0) is 13.9. The summed E-state index contributed by atoms with van der Waals surface area (Å²) < 4.78 is 0. The third-order valence-corrected chi connectivity index (χ3v) is 4.56. The van der Waals surface area contributed by atoms with Crippen molar-refractivity contribution in [1.29, 1.82) is 0 Å². The lowest BCUT2D eigenvalue weighted by atomic mass is 10.1. The number of nitrogens with zero attached hydrogens (tertiary/aromatic N) is 4. The number of likely N-dealkylation sites (tertiary alicyclic amines) is 1. The standard InChI is InChI=1S/C16H26N4/c1-3-15-10-16(18-13(2)17-15)20-9-6-14(12-20)11-19-7-4-5-8-19/h10,14H,3-9,11-12H2,1-2H3. The second-order valence-corrected chi connectivity index (χ2v) is 6.23. The van der Waals surface area contributed by atoms with Crippen molar-refractivity contribution >= 4 is 5.82 Å². The molecule has 1 unspecified atom stereocenters. The summed E-state index contributed by atoms with van der Waals surface area (Å²) in [6, 6.07) is 2.17. The van der Waals surface area contributed by atoms with Gasteiger partial charge in [0.05, 0.1) is 0 Å². The van der Waals surface area contributed by atoms with E-state index in [1.54, 1.807) is 0 Å². The summed E-state index contributed by atoms with van der Waals surface area (Å²) in [5.74, 6) is 2.86. The molecule has 2 saturated heterocycles. The molecular weight excluding hydrogens is 248 g/mol. The molecule has 2 fully saturated rings. The van der Waals surface area contributed by atoms with Gasteiger partial charge in [-0.15, -0.1) is 0 Å². The smallest absolute Gasteiger partial charge is 0.132 e. The topological polar surface area (TPSA) is 32.3 Å². The minimum atomic E-state index is 0.813. The second-order valence-electron chi connectivity index (χ2n) is 6.23. The summed E-state index contributed by atoms with van der Waals surface area (Å²) in [6.45, 7) is 10.4. The van der Waals surface area contributed by atoms with E-state index in [4.69, 9.17) is 0 Å². The number of anilines is 1. The van der Waals surface area contributed by atoms with Crippen molar-refractivity contribution in [3.63, 3.8) is 0 Å². The average Bonchev–Trinajstić information content (AvgIpc) is 3.10. The van der Waals surface area contributed by atoms with E-state index in [2.05, 4.69) is 32.8 Å². The van der Waals surface area contributed by atoms with Crippen molar-refractivity contribution in [1.82, 2.24) is 14.9 Å². The number of aryl methyl sites for hydroxylation is 2. The Balaban J connectivity index is 1.62. The third kappa shape index (κ3) is 3.11. The molecule has 4 heteroatoms. The van der Waals surface area contributed by atoms with Crippen LogP contribution in [-0.4, -0.2) is 47.6 Å². The van der Waals surface area contributed by atoms with Gasteiger partial charge in [-0.05, 0) is 51.6 Å². The van der Waals surface area contributed by atoms with Gasteiger partial charge in [0.2, 0.25) is 0 Å². The Morgan fingerprint density at radius 1 is 1.20 bits per heavy atom. The quantitative estimate of drug-likeness (QED) is 0.843. The highest BCUT2D eigenvalue weighted by atomic mass is 15.2. The molecule has 0 N–H and O–H groups in total. The lowest BCUT2D eigenvalue weighted by molar-refractivity contribution is 0.289. The van der Waals surface area contributed by atoms with E-state index in [-0.39, 0.29) is 0 Å². The Morgan fingerprint density at radius 3 is 2.75 bits per heavy atom. The Labute approximate surface area is 122 Å². The van der Waals surface area contributed by atoms with Crippen LogP contribution < -0.4 is 4.90 Å². The summed E-state index contributed by atoms with van der Waals surface area (Å²) >= 11 is 0. The summed E-state index contributed by atoms with van der Waals surface area (Å²) in [7, 11) is 0. The van der Waals surface area contributed by atoms with Crippen LogP contribution in [0.2, 0.25) is 0 Å². The largest absolute Gasteiger partial charge is 0.356 e. The highest BCUT2D eigenvalue weighted by Crippen LogP contribution is 2.24. The SMILES string of the molecule is CCc1cc(N2CCC(CN3CCCC3)C2)nc(C)n1. The van der Waals surface area contributed by atoms with E-state index in [0.29, 0.717) is 0 Å². The maximum Gasteiger partial charge on any atom is 0.132 e. The first kappa shape index (κ1) is 13.8. The van der Waals surface area contributed by atoms with Crippen LogP contribution >= 0.6 is 0 Å². The maximum atomic E-state index is 4.63. The van der Waals surface area contributed by atoms with E-state index in [1.807, 2.05) is 6.92 Å². The summed E-state index contributed by atoms with van der Waals surface area (Å²) in [5, 5.41) is 0. The Hall–Kier alpha value is -1.16. The van der Waals surface area contributed by atoms with Crippen molar-refractivity contribution in [3.05, 3.63) is 17.6 Å². The molecule has 0 spiro atoms. The minimum absolute atomic E-state index is 0.813. The molecule has 0 amide bonds. The highest BCUT2D eigenvalue weighted by molar-refractivity contribution is 5.41. The highest BCUT2D eigenvalue weighted by Gasteiger charge is 2.26. The molecular formula is C16H26N4. The van der Waals surface area contributed by atoms with Crippen LogP contribution in [0.4, 0.5) is 5.82 Å². The third-order valence-electron chi connectivity index (χ3n) is 4.56. The first-order valence-electron chi connectivity index (χ1n) is 8.06. The van der Waals surface area contributed by atoms with Crippen molar-refractivity contribution in [3.8, 4) is 0 Å². The predicted octanol–water partition coefficient (Wildman–Crippen LogP) is 2.27. The molecule has 4 nitrogen and oxygen atoms in total. The van der Waals surface area contributed by atoms with Gasteiger partial charge in [-0.3, -0.25) is 0 Å². The lowest BCUT2D eigenvalue weighted by Gasteiger charge is -2.21. The van der Waals surface area contributed by atoms with Gasteiger partial charge in [0.1, 0.15) is 11.6 Å². The molecule has 2 aliphatic rings. The molecule has 1 atom stereocenters. The van der Waals surface area contributed by atoms with E-state index in [0.717, 1.165) is 42.8 Å². The summed E-state index contributed by atoms with van der Waals surface area (Å²) in [6.07, 6.45) is 5.07. The molecule has 0 radical (unpaired) electrons. The summed E-state index contributed by atoms with van der Waals surface area (Å²) in [4.78, 5) is 14.2. The van der Waals surface area contributed by atoms with Gasteiger partial charge in [0, 0.05) is 31.4 Å². The predicted molar refractivity (Wildman–Crippen MR) is 82.1 cm³/mol. The zero-order valence-corrected chi connectivity index (χ0v) is 12.8. The van der Waals surface area contributed by atoms with Crippen LogP contribution in [0.1, 0.15) is 37.7 Å². The molecule has 3 rings (SSSR count). The number of hydrogen-bond acceptors (Lipinski definition) is 4. The molecule has 0 aromatic carbocycles. The van der Waals surface area contributed by atoms with Crippen LogP contribution in [0.3, 0.4) is 0 Å². The van der Waals surface area contributed by atoms with Gasteiger partial charge in [0.25, 0.3) is 0 Å². The monoisotopic (exact) mass is 274 g/mol. The first-order chi connectivity index (χ1) is 9.74. The van der Waals surface area contributed by atoms with Crippen molar-refractivity contribution in [2.24, 2.45) is 5.92 Å². The van der Waals surface area contributed by atoms with Crippen molar-refractivity contribution in [2.75, 3.05) is 37.6 Å². The van der Waals surface area contributed by atoms with Gasteiger partial charge in [-0.25, -0.2) is 9.97 Å². The molecule has 1 aromatic rings. The molecule has 0 bridgehead atoms. The van der Waals surface area contributed by atoms with Crippen LogP contribution in [0.5, 0.6) is 0 Å². The van der Waals surface area contributed by atoms with Crippen LogP contribution in [0.15, 0.2) is 6.07 Å². The van der Waals surface area contributed by atoms with E-state index in [1.165, 1.54) is 38.9 Å². The summed E-state index contributed by atoms with van der Waals surface area (Å²) in [5.41, 5.74) is 1.16. The van der Waals surface area contributed by atoms with Gasteiger partial charge >= 0.3 is 0 Å². The number of rotatable bonds is 4. The van der Waals surface area contributed by atoms with Gasteiger partial charge < -0.3 is 9.80 Å². The number of aromatic nitrogens is 2. The fourth-order valence-corrected chi connectivity index (χ4v) is 3.48. The normalized spacial score (nSPS) is 23.7. The van der Waals surface area contributed by atoms with Gasteiger partial charge in [0.15, 0.2) is 0 Å². The van der Waals surface area contributed by atoms with Crippen LogP contribution in [-0.2, 0) is 6.42 Å². The Morgan fingerprint density at radius 2 is 2.00 bits per heavy atom.